The van der Waals surface area contributed by atoms with Crippen LogP contribution in [-0.4, -0.2) is 73.7 Å². The van der Waals surface area contributed by atoms with Crippen LogP contribution < -0.4 is 10.5 Å². The van der Waals surface area contributed by atoms with Gasteiger partial charge in [-0.2, -0.15) is 13.2 Å². The smallest absolute Gasteiger partial charge is 0.437 e. The first kappa shape index (κ1) is 28.6. The van der Waals surface area contributed by atoms with Crippen LogP contribution in [0.4, 0.5) is 18.0 Å². The number of nitrogens with zero attached hydrogens (tertiary/aromatic N) is 4. The number of nitrogens with two attached hydrogens (primary N) is 1. The third-order valence-electron chi connectivity index (χ3n) is 5.13. The molecule has 0 fully saturated rings. The summed E-state index contributed by atoms with van der Waals surface area (Å²) < 4.78 is 65.0. The number of primary amides is 1. The van der Waals surface area contributed by atoms with Crippen molar-refractivity contribution in [3.05, 3.63) is 54.3 Å². The Bertz CT molecular complexity index is 1590. The predicted octanol–water partition coefficient (Wildman–Crippen LogP) is 2.06. The molecular formula is C23H18F3N5O10. The lowest BCUT2D eigenvalue weighted by atomic mass is 10.2. The second-order valence-electron chi connectivity index (χ2n) is 7.87. The van der Waals surface area contributed by atoms with E-state index in [9.17, 15) is 37.8 Å². The fourth-order valence-electron chi connectivity index (χ4n) is 3.33. The summed E-state index contributed by atoms with van der Waals surface area (Å²) in [6.07, 6.45) is -3.18. The van der Waals surface area contributed by atoms with E-state index in [1.54, 1.807) is 0 Å². The average Bonchev–Trinajstić information content (AvgIpc) is 3.57. The molecular weight excluding hydrogens is 563 g/mol. The van der Waals surface area contributed by atoms with E-state index in [0.717, 1.165) is 24.6 Å². The number of hydrogen-bond donors (Lipinski definition) is 3. The van der Waals surface area contributed by atoms with Crippen LogP contribution in [-0.2, 0) is 25.2 Å². The topological polar surface area (TPSA) is 211 Å². The number of hydrogen-bond acceptors (Lipinski definition) is 13. The summed E-state index contributed by atoms with van der Waals surface area (Å²) in [6.45, 7) is -1.62. The minimum atomic E-state index is -4.77. The van der Waals surface area contributed by atoms with Gasteiger partial charge >= 0.3 is 24.2 Å². The van der Waals surface area contributed by atoms with Gasteiger partial charge in [-0.1, -0.05) is 5.16 Å². The van der Waals surface area contributed by atoms with Crippen LogP contribution in [0.3, 0.4) is 0 Å². The van der Waals surface area contributed by atoms with Crippen LogP contribution in [0.1, 0.15) is 16.1 Å². The van der Waals surface area contributed by atoms with E-state index in [4.69, 9.17) is 15.2 Å². The minimum Gasteiger partial charge on any atom is -0.507 e. The maximum absolute atomic E-state index is 13.3. The minimum absolute atomic E-state index is 0.000878. The fourth-order valence-corrected chi connectivity index (χ4v) is 3.33. The Morgan fingerprint density at radius 3 is 2.59 bits per heavy atom. The van der Waals surface area contributed by atoms with Gasteiger partial charge in [0.1, 0.15) is 43.1 Å². The molecule has 41 heavy (non-hydrogen) atoms. The van der Waals surface area contributed by atoms with Gasteiger partial charge in [0.05, 0.1) is 17.5 Å². The molecule has 4 N–H and O–H groups in total. The number of amides is 1. The Morgan fingerprint density at radius 2 is 1.88 bits per heavy atom. The summed E-state index contributed by atoms with van der Waals surface area (Å²) >= 11 is 0. The van der Waals surface area contributed by atoms with Crippen molar-refractivity contribution in [2.75, 3.05) is 19.8 Å². The van der Waals surface area contributed by atoms with Crippen LogP contribution in [0.5, 0.6) is 17.4 Å². The SMILES string of the molecule is NC(=O)OC[C@H](O)C(=O)OCCOC(=O)c1ccc(Oc2nccn3c(-c4conc4C(F)(F)F)cnc23)cc1O. The zero-order valence-corrected chi connectivity index (χ0v) is 20.4. The molecule has 3 aromatic heterocycles. The van der Waals surface area contributed by atoms with Crippen molar-refractivity contribution in [1.82, 2.24) is 19.5 Å². The van der Waals surface area contributed by atoms with Crippen molar-refractivity contribution >= 4 is 23.7 Å². The Hall–Kier alpha value is -5.39. The summed E-state index contributed by atoms with van der Waals surface area (Å²) in [5.41, 5.74) is 2.87. The Balaban J connectivity index is 1.39. The van der Waals surface area contributed by atoms with Crippen LogP contribution in [0, 0.1) is 0 Å². The molecule has 0 aliphatic carbocycles. The number of fused-ring (bicyclic) bond motifs is 1. The standard InChI is InChI=1S/C23H18F3N5O10/c24-23(25,26)17-13(9-40-30-17)14-8-29-18-19(28-3-4-31(14)18)41-11-1-2-12(15(32)7-11)20(34)37-5-6-38-21(35)16(33)10-39-22(27)36/h1-4,7-9,16,32-33H,5-6,10H2,(H2,27,36)/t16-/m0/s1. The summed E-state index contributed by atoms with van der Waals surface area (Å²) in [5.74, 6) is -2.84. The zero-order chi connectivity index (χ0) is 29.7. The normalized spacial score (nSPS) is 12.1. The van der Waals surface area contributed by atoms with Crippen molar-refractivity contribution in [3.63, 3.8) is 0 Å². The number of carbonyl (C=O) groups is 3. The fraction of sp³-hybridized carbons (Fsp3) is 0.217. The van der Waals surface area contributed by atoms with Crippen LogP contribution in [0.25, 0.3) is 16.9 Å². The van der Waals surface area contributed by atoms with Gasteiger partial charge in [0.25, 0.3) is 5.88 Å². The summed E-state index contributed by atoms with van der Waals surface area (Å²) in [4.78, 5) is 42.4. The number of halogens is 3. The number of esters is 2. The number of benzene rings is 1. The van der Waals surface area contributed by atoms with Gasteiger partial charge < -0.3 is 39.4 Å². The number of phenolic OH excluding ortho intramolecular Hbond substituents is 1. The molecule has 4 rings (SSSR count). The number of aliphatic hydroxyl groups is 1. The lowest BCUT2D eigenvalue weighted by Gasteiger charge is -2.11. The highest BCUT2D eigenvalue weighted by molar-refractivity contribution is 5.92. The molecule has 15 nitrogen and oxygen atoms in total. The number of rotatable bonds is 10. The van der Waals surface area contributed by atoms with Crippen LogP contribution >= 0.6 is 0 Å². The van der Waals surface area contributed by atoms with Crippen LogP contribution in [0.15, 0.2) is 47.6 Å². The summed E-state index contributed by atoms with van der Waals surface area (Å²) in [5, 5.41) is 22.8. The number of aromatic nitrogens is 4. The lowest BCUT2D eigenvalue weighted by molar-refractivity contribution is -0.156. The number of phenols is 1. The summed E-state index contributed by atoms with van der Waals surface area (Å²) in [7, 11) is 0. The quantitative estimate of drug-likeness (QED) is 0.139. The highest BCUT2D eigenvalue weighted by Gasteiger charge is 2.38. The first-order valence-electron chi connectivity index (χ1n) is 11.2. The van der Waals surface area contributed by atoms with Crippen molar-refractivity contribution < 1.29 is 61.2 Å². The Morgan fingerprint density at radius 1 is 1.12 bits per heavy atom. The molecule has 0 spiro atoms. The first-order valence-corrected chi connectivity index (χ1v) is 11.2. The highest BCUT2D eigenvalue weighted by Crippen LogP contribution is 2.37. The molecule has 4 aromatic rings. The molecule has 0 unspecified atom stereocenters. The molecule has 0 saturated heterocycles. The summed E-state index contributed by atoms with van der Waals surface area (Å²) in [6, 6.07) is 3.50. The van der Waals surface area contributed by atoms with E-state index in [1.165, 1.54) is 22.9 Å². The van der Waals surface area contributed by atoms with Gasteiger partial charge in [-0.3, -0.25) is 4.40 Å². The van der Waals surface area contributed by atoms with Gasteiger partial charge in [-0.15, -0.1) is 0 Å². The predicted molar refractivity (Wildman–Crippen MR) is 124 cm³/mol. The monoisotopic (exact) mass is 581 g/mol. The Labute approximate surface area is 225 Å². The third-order valence-corrected chi connectivity index (χ3v) is 5.13. The lowest BCUT2D eigenvalue weighted by Crippen LogP contribution is -2.31. The van der Waals surface area contributed by atoms with E-state index >= 15 is 0 Å². The molecule has 0 aliphatic rings. The molecule has 1 amide bonds. The number of ether oxygens (including phenoxy) is 4. The molecule has 3 heterocycles. The van der Waals surface area contributed by atoms with E-state index < -0.39 is 61.6 Å². The molecule has 18 heteroatoms. The average molecular weight is 581 g/mol. The second kappa shape index (κ2) is 11.8. The first-order chi connectivity index (χ1) is 19.5. The van der Waals surface area contributed by atoms with Crippen molar-refractivity contribution in [1.29, 1.82) is 0 Å². The van der Waals surface area contributed by atoms with Crippen molar-refractivity contribution in [2.24, 2.45) is 5.73 Å². The van der Waals surface area contributed by atoms with E-state index in [-0.39, 0.29) is 34.1 Å². The van der Waals surface area contributed by atoms with Gasteiger partial charge in [-0.05, 0) is 12.1 Å². The highest BCUT2D eigenvalue weighted by atomic mass is 19.4. The van der Waals surface area contributed by atoms with Gasteiger partial charge in [0.2, 0.25) is 5.65 Å². The zero-order valence-electron chi connectivity index (χ0n) is 20.4. The molecule has 0 radical (unpaired) electrons. The van der Waals surface area contributed by atoms with Gasteiger partial charge in [-0.25, -0.2) is 24.4 Å². The number of aromatic hydroxyl groups is 1. The molecule has 1 atom stereocenters. The molecule has 0 saturated carbocycles. The van der Waals surface area contributed by atoms with Crippen LogP contribution in [0.2, 0.25) is 0 Å². The van der Waals surface area contributed by atoms with E-state index in [1.807, 2.05) is 0 Å². The molecule has 0 aliphatic heterocycles. The van der Waals surface area contributed by atoms with E-state index in [2.05, 4.69) is 29.1 Å². The van der Waals surface area contributed by atoms with Gasteiger partial charge in [0.15, 0.2) is 11.8 Å². The third kappa shape index (κ3) is 6.61. The largest absolute Gasteiger partial charge is 0.507 e. The maximum Gasteiger partial charge on any atom is 0.437 e. The second-order valence-corrected chi connectivity index (χ2v) is 7.87. The molecule has 0 bridgehead atoms. The van der Waals surface area contributed by atoms with E-state index in [0.29, 0.717) is 0 Å². The van der Waals surface area contributed by atoms with Gasteiger partial charge in [0, 0.05) is 18.5 Å². The Kier molecular flexibility index (Phi) is 8.22. The van der Waals surface area contributed by atoms with Crippen molar-refractivity contribution in [2.45, 2.75) is 12.3 Å². The number of imidazole rings is 1. The number of carbonyl (C=O) groups excluding carboxylic acids is 3. The number of aliphatic hydroxyl groups excluding tert-OH is 1. The molecule has 1 aromatic carbocycles. The number of alkyl halides is 3. The maximum atomic E-state index is 13.3. The van der Waals surface area contributed by atoms with Crippen molar-refractivity contribution in [3.8, 4) is 28.6 Å². The molecule has 216 valence electrons.